The van der Waals surface area contributed by atoms with Gasteiger partial charge < -0.3 is 4.90 Å². The van der Waals surface area contributed by atoms with E-state index in [1.54, 1.807) is 0 Å². The van der Waals surface area contributed by atoms with Crippen molar-refractivity contribution in [2.75, 3.05) is 18.4 Å². The zero-order valence-electron chi connectivity index (χ0n) is 7.55. The number of alkyl halides is 1. The van der Waals surface area contributed by atoms with Crippen molar-refractivity contribution in [1.29, 1.82) is 0 Å². The van der Waals surface area contributed by atoms with E-state index in [1.807, 2.05) is 4.90 Å². The summed E-state index contributed by atoms with van der Waals surface area (Å²) in [4.78, 5) is 13.2. The summed E-state index contributed by atoms with van der Waals surface area (Å²) >= 11 is 3.47. The lowest BCUT2D eigenvalue weighted by Gasteiger charge is -2.20. The average molecular weight is 234 g/mol. The van der Waals surface area contributed by atoms with Crippen LogP contribution in [0, 0.1) is 5.92 Å². The van der Waals surface area contributed by atoms with Gasteiger partial charge >= 0.3 is 0 Å². The predicted molar refractivity (Wildman–Crippen MR) is 53.4 cm³/mol. The Morgan fingerprint density at radius 2 is 2.42 bits per heavy atom. The number of likely N-dealkylation sites (tertiary alicyclic amines) is 1. The molecular formula is C9H16BrNO. The maximum absolute atomic E-state index is 11.3. The smallest absolute Gasteiger partial charge is 0.222 e. The highest BCUT2D eigenvalue weighted by Crippen LogP contribution is 2.15. The summed E-state index contributed by atoms with van der Waals surface area (Å²) in [7, 11) is 0. The van der Waals surface area contributed by atoms with Gasteiger partial charge in [-0.15, -0.1) is 0 Å². The molecule has 0 N–H and O–H groups in total. The number of carbonyl (C=O) groups excluding carboxylic acids is 1. The van der Waals surface area contributed by atoms with Gasteiger partial charge in [0, 0.05) is 24.8 Å². The highest BCUT2D eigenvalue weighted by molar-refractivity contribution is 9.09. The number of hydrogen-bond acceptors (Lipinski definition) is 1. The molecule has 1 heterocycles. The standard InChI is InChI=1S/C9H16BrNO/c1-2-8(6-10)7-11-5-3-4-9(11)12/h8H,2-7H2,1H3. The predicted octanol–water partition coefficient (Wildman–Crippen LogP) is 2.03. The molecule has 1 rings (SSSR count). The van der Waals surface area contributed by atoms with Gasteiger partial charge in [0.05, 0.1) is 0 Å². The van der Waals surface area contributed by atoms with Crippen LogP contribution in [0.1, 0.15) is 26.2 Å². The minimum atomic E-state index is 0.342. The minimum absolute atomic E-state index is 0.342. The fraction of sp³-hybridized carbons (Fsp3) is 0.889. The molecule has 0 bridgehead atoms. The lowest BCUT2D eigenvalue weighted by Crippen LogP contribution is -2.30. The number of amides is 1. The second kappa shape index (κ2) is 4.85. The van der Waals surface area contributed by atoms with Crippen molar-refractivity contribution < 1.29 is 4.79 Å². The molecule has 0 aliphatic carbocycles. The third-order valence-corrected chi connectivity index (χ3v) is 3.36. The number of nitrogens with zero attached hydrogens (tertiary/aromatic N) is 1. The van der Waals surface area contributed by atoms with Gasteiger partial charge in [0.15, 0.2) is 0 Å². The van der Waals surface area contributed by atoms with Crippen LogP contribution in [0.25, 0.3) is 0 Å². The first kappa shape index (κ1) is 10.0. The van der Waals surface area contributed by atoms with E-state index in [0.717, 1.165) is 37.7 Å². The molecule has 0 saturated carbocycles. The molecular weight excluding hydrogens is 218 g/mol. The van der Waals surface area contributed by atoms with E-state index in [-0.39, 0.29) is 0 Å². The number of rotatable bonds is 4. The molecule has 0 aromatic rings. The van der Waals surface area contributed by atoms with Crippen molar-refractivity contribution in [2.24, 2.45) is 5.92 Å². The van der Waals surface area contributed by atoms with Gasteiger partial charge in [-0.25, -0.2) is 0 Å². The Kier molecular flexibility index (Phi) is 4.06. The van der Waals surface area contributed by atoms with Crippen LogP contribution in [0.15, 0.2) is 0 Å². The summed E-state index contributed by atoms with van der Waals surface area (Å²) in [5.74, 6) is 0.974. The van der Waals surface area contributed by atoms with Gasteiger partial charge in [0.1, 0.15) is 0 Å². The Labute approximate surface area is 82.4 Å². The normalized spacial score (nSPS) is 20.2. The summed E-state index contributed by atoms with van der Waals surface area (Å²) < 4.78 is 0. The van der Waals surface area contributed by atoms with E-state index < -0.39 is 0 Å². The van der Waals surface area contributed by atoms with Gasteiger partial charge in [0.25, 0.3) is 0 Å². The third kappa shape index (κ3) is 2.47. The summed E-state index contributed by atoms with van der Waals surface area (Å²) in [6.07, 6.45) is 2.96. The fourth-order valence-electron chi connectivity index (χ4n) is 1.50. The molecule has 1 fully saturated rings. The molecule has 2 nitrogen and oxygen atoms in total. The van der Waals surface area contributed by atoms with Crippen LogP contribution in [0.2, 0.25) is 0 Å². The molecule has 12 heavy (non-hydrogen) atoms. The van der Waals surface area contributed by atoms with E-state index in [2.05, 4.69) is 22.9 Å². The monoisotopic (exact) mass is 233 g/mol. The second-order valence-corrected chi connectivity index (χ2v) is 4.02. The summed E-state index contributed by atoms with van der Waals surface area (Å²) in [6.45, 7) is 4.09. The molecule has 1 atom stereocenters. The quantitative estimate of drug-likeness (QED) is 0.681. The zero-order valence-corrected chi connectivity index (χ0v) is 9.14. The van der Waals surface area contributed by atoms with Gasteiger partial charge in [-0.05, 0) is 12.3 Å². The van der Waals surface area contributed by atoms with Crippen molar-refractivity contribution >= 4 is 21.8 Å². The maximum Gasteiger partial charge on any atom is 0.222 e. The first-order valence-corrected chi connectivity index (χ1v) is 5.73. The molecule has 3 heteroatoms. The zero-order chi connectivity index (χ0) is 8.97. The average Bonchev–Trinajstić information content (AvgIpc) is 2.47. The molecule has 1 aliphatic heterocycles. The van der Waals surface area contributed by atoms with Crippen LogP contribution in [0.3, 0.4) is 0 Å². The molecule has 1 amide bonds. The van der Waals surface area contributed by atoms with E-state index >= 15 is 0 Å². The maximum atomic E-state index is 11.3. The molecule has 0 aromatic heterocycles. The number of halogens is 1. The summed E-state index contributed by atoms with van der Waals surface area (Å²) in [5, 5.41) is 1.01. The molecule has 1 aliphatic rings. The van der Waals surface area contributed by atoms with Crippen LogP contribution >= 0.6 is 15.9 Å². The van der Waals surface area contributed by atoms with Crippen LogP contribution in [0.5, 0.6) is 0 Å². The lowest BCUT2D eigenvalue weighted by atomic mass is 10.1. The van der Waals surface area contributed by atoms with E-state index in [1.165, 1.54) is 0 Å². The van der Waals surface area contributed by atoms with Crippen molar-refractivity contribution in [3.05, 3.63) is 0 Å². The van der Waals surface area contributed by atoms with Gasteiger partial charge in [0.2, 0.25) is 5.91 Å². The SMILES string of the molecule is CCC(CBr)CN1CCCC1=O. The van der Waals surface area contributed by atoms with Crippen molar-refractivity contribution in [3.8, 4) is 0 Å². The van der Waals surface area contributed by atoms with Crippen LogP contribution in [-0.4, -0.2) is 29.2 Å². The van der Waals surface area contributed by atoms with Gasteiger partial charge in [-0.3, -0.25) is 4.79 Å². The van der Waals surface area contributed by atoms with Crippen LogP contribution in [-0.2, 0) is 4.79 Å². The molecule has 0 radical (unpaired) electrons. The Balaban J connectivity index is 2.33. The van der Waals surface area contributed by atoms with Crippen molar-refractivity contribution in [2.45, 2.75) is 26.2 Å². The Bertz CT molecular complexity index is 157. The molecule has 0 spiro atoms. The summed E-state index contributed by atoms with van der Waals surface area (Å²) in [5.41, 5.74) is 0. The summed E-state index contributed by atoms with van der Waals surface area (Å²) in [6, 6.07) is 0. The van der Waals surface area contributed by atoms with Crippen LogP contribution in [0.4, 0.5) is 0 Å². The molecule has 70 valence electrons. The molecule has 1 saturated heterocycles. The van der Waals surface area contributed by atoms with E-state index in [0.29, 0.717) is 11.8 Å². The van der Waals surface area contributed by atoms with E-state index in [9.17, 15) is 4.79 Å². The Morgan fingerprint density at radius 1 is 1.67 bits per heavy atom. The topological polar surface area (TPSA) is 20.3 Å². The van der Waals surface area contributed by atoms with Crippen molar-refractivity contribution in [1.82, 2.24) is 4.90 Å². The first-order valence-electron chi connectivity index (χ1n) is 4.61. The van der Waals surface area contributed by atoms with E-state index in [4.69, 9.17) is 0 Å². The number of hydrogen-bond donors (Lipinski definition) is 0. The first-order chi connectivity index (χ1) is 5.77. The Morgan fingerprint density at radius 3 is 2.83 bits per heavy atom. The van der Waals surface area contributed by atoms with Crippen molar-refractivity contribution in [3.63, 3.8) is 0 Å². The molecule has 0 aromatic carbocycles. The third-order valence-electron chi connectivity index (χ3n) is 2.45. The van der Waals surface area contributed by atoms with Gasteiger partial charge in [-0.1, -0.05) is 29.3 Å². The molecule has 1 unspecified atom stereocenters. The highest BCUT2D eigenvalue weighted by atomic mass is 79.9. The number of carbonyl (C=O) groups is 1. The highest BCUT2D eigenvalue weighted by Gasteiger charge is 2.21. The lowest BCUT2D eigenvalue weighted by molar-refractivity contribution is -0.128. The Hall–Kier alpha value is -0.0500. The minimum Gasteiger partial charge on any atom is -0.342 e. The fourth-order valence-corrected chi connectivity index (χ4v) is 2.16. The van der Waals surface area contributed by atoms with Crippen LogP contribution < -0.4 is 0 Å². The van der Waals surface area contributed by atoms with Gasteiger partial charge in [-0.2, -0.15) is 0 Å². The largest absolute Gasteiger partial charge is 0.342 e. The second-order valence-electron chi connectivity index (χ2n) is 3.37.